The highest BCUT2D eigenvalue weighted by atomic mass is 79.9. The van der Waals surface area contributed by atoms with Gasteiger partial charge in [0, 0.05) is 10.7 Å². The van der Waals surface area contributed by atoms with Gasteiger partial charge in [0.1, 0.15) is 11.2 Å². The molecule has 2 N–H and O–H groups in total. The predicted molar refractivity (Wildman–Crippen MR) is 70.4 cm³/mol. The van der Waals surface area contributed by atoms with Crippen molar-refractivity contribution in [1.82, 2.24) is 10.3 Å². The third kappa shape index (κ3) is 2.87. The van der Waals surface area contributed by atoms with E-state index in [1.165, 1.54) is 6.20 Å². The van der Waals surface area contributed by atoms with Crippen LogP contribution in [0.25, 0.3) is 0 Å². The molecule has 1 aromatic rings. The second-order valence-electron chi connectivity index (χ2n) is 3.88. The number of aliphatic carboxylic acids is 1. The van der Waals surface area contributed by atoms with E-state index in [-0.39, 0.29) is 5.69 Å². The minimum Gasteiger partial charge on any atom is -0.480 e. The SMILES string of the molecule is CCC(CC)(NC(=O)c1ncccc1Br)C(=O)O. The molecule has 1 amide bonds. The van der Waals surface area contributed by atoms with Crippen molar-refractivity contribution in [3.05, 3.63) is 28.5 Å². The highest BCUT2D eigenvalue weighted by molar-refractivity contribution is 9.10. The lowest BCUT2D eigenvalue weighted by molar-refractivity contribution is -0.144. The van der Waals surface area contributed by atoms with E-state index in [2.05, 4.69) is 26.2 Å². The van der Waals surface area contributed by atoms with E-state index < -0.39 is 17.4 Å². The van der Waals surface area contributed by atoms with Crippen molar-refractivity contribution in [2.24, 2.45) is 0 Å². The Hall–Kier alpha value is -1.43. The van der Waals surface area contributed by atoms with Crippen molar-refractivity contribution in [2.75, 3.05) is 0 Å². The smallest absolute Gasteiger partial charge is 0.329 e. The molecule has 0 radical (unpaired) electrons. The average molecular weight is 315 g/mol. The molecule has 1 rings (SSSR count). The number of amides is 1. The van der Waals surface area contributed by atoms with Gasteiger partial charge in [-0.05, 0) is 40.9 Å². The van der Waals surface area contributed by atoms with Crippen molar-refractivity contribution >= 4 is 27.8 Å². The van der Waals surface area contributed by atoms with E-state index in [4.69, 9.17) is 0 Å². The van der Waals surface area contributed by atoms with Crippen LogP contribution in [0.4, 0.5) is 0 Å². The van der Waals surface area contributed by atoms with Gasteiger partial charge in [-0.15, -0.1) is 0 Å². The number of halogens is 1. The largest absolute Gasteiger partial charge is 0.480 e. The van der Waals surface area contributed by atoms with Crippen molar-refractivity contribution in [3.63, 3.8) is 0 Å². The van der Waals surface area contributed by atoms with Crippen LogP contribution in [0.5, 0.6) is 0 Å². The van der Waals surface area contributed by atoms with E-state index in [9.17, 15) is 14.7 Å². The molecule has 0 aliphatic heterocycles. The summed E-state index contributed by atoms with van der Waals surface area (Å²) in [6.45, 7) is 3.46. The summed E-state index contributed by atoms with van der Waals surface area (Å²) >= 11 is 3.21. The normalized spacial score (nSPS) is 11.1. The highest BCUT2D eigenvalue weighted by Gasteiger charge is 2.37. The number of pyridine rings is 1. The van der Waals surface area contributed by atoms with E-state index in [0.717, 1.165) is 0 Å². The second-order valence-corrected chi connectivity index (χ2v) is 4.74. The minimum absolute atomic E-state index is 0.185. The quantitative estimate of drug-likeness (QED) is 0.873. The number of carbonyl (C=O) groups excluding carboxylic acids is 1. The van der Waals surface area contributed by atoms with Crippen molar-refractivity contribution < 1.29 is 14.7 Å². The highest BCUT2D eigenvalue weighted by Crippen LogP contribution is 2.18. The number of nitrogens with zero attached hydrogens (tertiary/aromatic N) is 1. The average Bonchev–Trinajstić information content (AvgIpc) is 2.36. The van der Waals surface area contributed by atoms with Crippen LogP contribution in [0.15, 0.2) is 22.8 Å². The Kier molecular flexibility index (Phi) is 4.84. The van der Waals surface area contributed by atoms with E-state index in [1.807, 2.05) is 0 Å². The van der Waals surface area contributed by atoms with Crippen LogP contribution in [-0.4, -0.2) is 27.5 Å². The van der Waals surface area contributed by atoms with Crippen molar-refractivity contribution in [3.8, 4) is 0 Å². The van der Waals surface area contributed by atoms with Crippen LogP contribution in [0.1, 0.15) is 37.2 Å². The molecule has 6 heteroatoms. The van der Waals surface area contributed by atoms with Crippen molar-refractivity contribution in [2.45, 2.75) is 32.2 Å². The first-order valence-electron chi connectivity index (χ1n) is 5.63. The predicted octanol–water partition coefficient (Wildman–Crippen LogP) is 2.22. The molecule has 0 spiro atoms. The zero-order chi connectivity index (χ0) is 13.8. The molecule has 0 aliphatic rings. The summed E-state index contributed by atoms with van der Waals surface area (Å²) in [6, 6.07) is 3.37. The number of carboxylic acid groups (broad SMARTS) is 1. The number of hydrogen-bond donors (Lipinski definition) is 2. The minimum atomic E-state index is -1.24. The molecule has 0 aliphatic carbocycles. The van der Waals surface area contributed by atoms with Crippen LogP contribution in [0.2, 0.25) is 0 Å². The van der Waals surface area contributed by atoms with Crippen LogP contribution in [0.3, 0.4) is 0 Å². The molecule has 1 aromatic heterocycles. The monoisotopic (exact) mass is 314 g/mol. The fourth-order valence-corrected chi connectivity index (χ4v) is 2.05. The topological polar surface area (TPSA) is 79.3 Å². The molecule has 98 valence electrons. The molecule has 0 aromatic carbocycles. The third-order valence-electron chi connectivity index (χ3n) is 2.94. The van der Waals surface area contributed by atoms with Gasteiger partial charge in [-0.3, -0.25) is 4.79 Å². The molecule has 18 heavy (non-hydrogen) atoms. The Morgan fingerprint density at radius 1 is 1.44 bits per heavy atom. The Balaban J connectivity index is 3.00. The Bertz CT molecular complexity index is 458. The molecular weight excluding hydrogens is 300 g/mol. The fourth-order valence-electron chi connectivity index (χ4n) is 1.61. The van der Waals surface area contributed by atoms with Crippen LogP contribution < -0.4 is 5.32 Å². The van der Waals surface area contributed by atoms with E-state index in [1.54, 1.807) is 26.0 Å². The Morgan fingerprint density at radius 2 is 2.06 bits per heavy atom. The summed E-state index contributed by atoms with van der Waals surface area (Å²) < 4.78 is 0.536. The first-order chi connectivity index (χ1) is 8.46. The van der Waals surface area contributed by atoms with Gasteiger partial charge in [0.15, 0.2) is 0 Å². The molecule has 1 heterocycles. The maximum atomic E-state index is 12.0. The number of carbonyl (C=O) groups is 2. The van der Waals surface area contributed by atoms with Gasteiger partial charge in [-0.1, -0.05) is 13.8 Å². The Morgan fingerprint density at radius 3 is 2.50 bits per heavy atom. The molecule has 0 saturated heterocycles. The number of aromatic nitrogens is 1. The maximum Gasteiger partial charge on any atom is 0.329 e. The number of rotatable bonds is 5. The summed E-state index contributed by atoms with van der Waals surface area (Å²) in [4.78, 5) is 27.3. The van der Waals surface area contributed by atoms with Gasteiger partial charge in [-0.25, -0.2) is 9.78 Å². The fraction of sp³-hybridized carbons (Fsp3) is 0.417. The molecule has 0 bridgehead atoms. The second kappa shape index (κ2) is 5.95. The zero-order valence-corrected chi connectivity index (χ0v) is 11.8. The van der Waals surface area contributed by atoms with Crippen LogP contribution in [0, 0.1) is 0 Å². The number of nitrogens with one attached hydrogen (secondary N) is 1. The molecule has 0 atom stereocenters. The summed E-state index contributed by atoms with van der Waals surface area (Å²) in [7, 11) is 0. The summed E-state index contributed by atoms with van der Waals surface area (Å²) in [5, 5.41) is 11.8. The summed E-state index contributed by atoms with van der Waals surface area (Å²) in [5.74, 6) is -1.53. The number of hydrogen-bond acceptors (Lipinski definition) is 3. The van der Waals surface area contributed by atoms with Gasteiger partial charge < -0.3 is 10.4 Å². The lowest BCUT2D eigenvalue weighted by Gasteiger charge is -2.27. The maximum absolute atomic E-state index is 12.0. The molecule has 0 fully saturated rings. The Labute approximate surface area is 114 Å². The van der Waals surface area contributed by atoms with Gasteiger partial charge >= 0.3 is 5.97 Å². The molecule has 5 nitrogen and oxygen atoms in total. The lowest BCUT2D eigenvalue weighted by atomic mass is 9.93. The standard InChI is InChI=1S/C12H15BrN2O3/c1-3-12(4-2,11(17)18)15-10(16)9-8(13)6-5-7-14-9/h5-7H,3-4H2,1-2H3,(H,15,16)(H,17,18). The first-order valence-corrected chi connectivity index (χ1v) is 6.42. The van der Waals surface area contributed by atoms with E-state index >= 15 is 0 Å². The van der Waals surface area contributed by atoms with Gasteiger partial charge in [0.05, 0.1) is 0 Å². The summed E-state index contributed by atoms with van der Waals surface area (Å²) in [6.07, 6.45) is 2.12. The van der Waals surface area contributed by atoms with E-state index in [0.29, 0.717) is 17.3 Å². The van der Waals surface area contributed by atoms with Gasteiger partial charge in [0.2, 0.25) is 0 Å². The van der Waals surface area contributed by atoms with Gasteiger partial charge in [-0.2, -0.15) is 0 Å². The van der Waals surface area contributed by atoms with Crippen LogP contribution >= 0.6 is 15.9 Å². The molecule has 0 saturated carbocycles. The van der Waals surface area contributed by atoms with Crippen molar-refractivity contribution in [1.29, 1.82) is 0 Å². The van der Waals surface area contributed by atoms with Crippen LogP contribution in [-0.2, 0) is 4.79 Å². The lowest BCUT2D eigenvalue weighted by Crippen LogP contribution is -2.53. The summed E-state index contributed by atoms with van der Waals surface area (Å²) in [5.41, 5.74) is -1.06. The number of carboxylic acids is 1. The third-order valence-corrected chi connectivity index (χ3v) is 3.58. The first kappa shape index (κ1) is 14.6. The molecule has 0 unspecified atom stereocenters. The van der Waals surface area contributed by atoms with Gasteiger partial charge in [0.25, 0.3) is 5.91 Å². The molecular formula is C12H15BrN2O3. The zero-order valence-electron chi connectivity index (χ0n) is 10.2.